The SMILES string of the molecule is O=S(=O)(c1ccccc1)N1CCN(C[C@@H](O)COc2ccc3ccccc3c2)CC1. The van der Waals surface area contributed by atoms with Gasteiger partial charge in [-0.25, -0.2) is 8.42 Å². The lowest BCUT2D eigenvalue weighted by Crippen LogP contribution is -2.50. The third-order valence-electron chi connectivity index (χ3n) is 5.34. The molecule has 0 bridgehead atoms. The second-order valence-corrected chi connectivity index (χ2v) is 9.43. The van der Waals surface area contributed by atoms with Gasteiger partial charge in [-0.15, -0.1) is 0 Å². The number of hydrogen-bond donors (Lipinski definition) is 1. The number of rotatable bonds is 7. The minimum absolute atomic E-state index is 0.195. The molecule has 0 amide bonds. The van der Waals surface area contributed by atoms with Gasteiger partial charge in [0.05, 0.1) is 4.90 Å². The van der Waals surface area contributed by atoms with E-state index in [-0.39, 0.29) is 6.61 Å². The normalized spacial score (nSPS) is 17.1. The number of fused-ring (bicyclic) bond motifs is 1. The lowest BCUT2D eigenvalue weighted by atomic mass is 10.1. The molecule has 0 aromatic heterocycles. The largest absolute Gasteiger partial charge is 0.491 e. The van der Waals surface area contributed by atoms with Crippen LogP contribution in [0.3, 0.4) is 0 Å². The van der Waals surface area contributed by atoms with Crippen molar-refractivity contribution < 1.29 is 18.3 Å². The molecule has 1 fully saturated rings. The molecule has 1 aliphatic rings. The van der Waals surface area contributed by atoms with Crippen molar-refractivity contribution in [3.63, 3.8) is 0 Å². The number of benzene rings is 3. The van der Waals surface area contributed by atoms with E-state index in [0.29, 0.717) is 37.6 Å². The molecule has 0 saturated carbocycles. The van der Waals surface area contributed by atoms with Crippen molar-refractivity contribution in [2.24, 2.45) is 0 Å². The summed E-state index contributed by atoms with van der Waals surface area (Å²) in [5.74, 6) is 0.728. The molecule has 6 nitrogen and oxygen atoms in total. The van der Waals surface area contributed by atoms with Gasteiger partial charge in [-0.3, -0.25) is 4.90 Å². The van der Waals surface area contributed by atoms with Gasteiger partial charge in [0.25, 0.3) is 0 Å². The van der Waals surface area contributed by atoms with Gasteiger partial charge in [0, 0.05) is 32.7 Å². The quantitative estimate of drug-likeness (QED) is 0.629. The Morgan fingerprint density at radius 2 is 1.53 bits per heavy atom. The van der Waals surface area contributed by atoms with E-state index < -0.39 is 16.1 Å². The molecular weight excluding hydrogens is 400 g/mol. The van der Waals surface area contributed by atoms with E-state index in [0.717, 1.165) is 16.5 Å². The summed E-state index contributed by atoms with van der Waals surface area (Å²) in [4.78, 5) is 2.40. The zero-order valence-corrected chi connectivity index (χ0v) is 17.5. The van der Waals surface area contributed by atoms with Crippen molar-refractivity contribution in [1.82, 2.24) is 9.21 Å². The third-order valence-corrected chi connectivity index (χ3v) is 7.26. The minimum atomic E-state index is -3.46. The van der Waals surface area contributed by atoms with Gasteiger partial charge in [0.2, 0.25) is 10.0 Å². The van der Waals surface area contributed by atoms with E-state index in [2.05, 4.69) is 4.90 Å². The molecule has 158 valence electrons. The molecule has 3 aromatic carbocycles. The van der Waals surface area contributed by atoms with Crippen LogP contribution in [0.25, 0.3) is 10.8 Å². The number of hydrogen-bond acceptors (Lipinski definition) is 5. The standard InChI is InChI=1S/C23H26N2O4S/c26-21(18-29-22-11-10-19-6-4-5-7-20(19)16-22)17-24-12-14-25(15-13-24)30(27,28)23-8-2-1-3-9-23/h1-11,16,21,26H,12-15,17-18H2/t21-/m1/s1. The van der Waals surface area contributed by atoms with Crippen LogP contribution in [0.4, 0.5) is 0 Å². The number of aliphatic hydroxyl groups is 1. The fourth-order valence-corrected chi connectivity index (χ4v) is 5.14. The molecule has 1 heterocycles. The number of aliphatic hydroxyl groups excluding tert-OH is 1. The van der Waals surface area contributed by atoms with E-state index in [1.165, 1.54) is 4.31 Å². The molecule has 1 aliphatic heterocycles. The summed E-state index contributed by atoms with van der Waals surface area (Å²) in [6.45, 7) is 2.64. The summed E-state index contributed by atoms with van der Waals surface area (Å²) in [6.07, 6.45) is -0.645. The van der Waals surface area contributed by atoms with Crippen LogP contribution in [0.15, 0.2) is 77.7 Å². The molecule has 7 heteroatoms. The Morgan fingerprint density at radius 3 is 2.27 bits per heavy atom. The number of nitrogens with zero attached hydrogens (tertiary/aromatic N) is 2. The Bertz CT molecular complexity index is 1080. The fourth-order valence-electron chi connectivity index (χ4n) is 3.69. The van der Waals surface area contributed by atoms with Crippen LogP contribution in [0.1, 0.15) is 0 Å². The van der Waals surface area contributed by atoms with Crippen LogP contribution < -0.4 is 4.74 Å². The maximum atomic E-state index is 12.7. The Hall–Kier alpha value is -2.45. The van der Waals surface area contributed by atoms with Gasteiger partial charge in [0.15, 0.2) is 0 Å². The Morgan fingerprint density at radius 1 is 0.867 bits per heavy atom. The van der Waals surface area contributed by atoms with E-state index >= 15 is 0 Å². The molecule has 30 heavy (non-hydrogen) atoms. The molecule has 3 aromatic rings. The van der Waals surface area contributed by atoms with Crippen molar-refractivity contribution in [3.8, 4) is 5.75 Å². The monoisotopic (exact) mass is 426 g/mol. The fraction of sp³-hybridized carbons (Fsp3) is 0.304. The summed E-state index contributed by atoms with van der Waals surface area (Å²) in [6, 6.07) is 22.4. The zero-order chi connectivity index (χ0) is 21.0. The van der Waals surface area contributed by atoms with Gasteiger partial charge < -0.3 is 9.84 Å². The molecule has 1 N–H and O–H groups in total. The summed E-state index contributed by atoms with van der Waals surface area (Å²) >= 11 is 0. The van der Waals surface area contributed by atoms with Crippen LogP contribution in [0.5, 0.6) is 5.75 Å². The highest BCUT2D eigenvalue weighted by Crippen LogP contribution is 2.21. The summed E-state index contributed by atoms with van der Waals surface area (Å²) in [5, 5.41) is 12.6. The minimum Gasteiger partial charge on any atom is -0.491 e. The Labute approximate surface area is 177 Å². The Kier molecular flexibility index (Phi) is 6.34. The highest BCUT2D eigenvalue weighted by atomic mass is 32.2. The van der Waals surface area contributed by atoms with Crippen molar-refractivity contribution in [2.45, 2.75) is 11.0 Å². The number of piperazine rings is 1. The number of sulfonamides is 1. The molecule has 0 unspecified atom stereocenters. The van der Waals surface area contributed by atoms with Crippen molar-refractivity contribution in [2.75, 3.05) is 39.3 Å². The average molecular weight is 427 g/mol. The molecule has 0 aliphatic carbocycles. The van der Waals surface area contributed by atoms with E-state index in [1.54, 1.807) is 30.3 Å². The summed E-state index contributed by atoms with van der Waals surface area (Å²) in [7, 11) is -3.46. The predicted molar refractivity (Wildman–Crippen MR) is 117 cm³/mol. The van der Waals surface area contributed by atoms with Gasteiger partial charge in [-0.1, -0.05) is 48.5 Å². The maximum absolute atomic E-state index is 12.7. The van der Waals surface area contributed by atoms with Gasteiger partial charge in [0.1, 0.15) is 18.5 Å². The van der Waals surface area contributed by atoms with Crippen LogP contribution in [-0.4, -0.2) is 68.2 Å². The summed E-state index contributed by atoms with van der Waals surface area (Å²) < 4.78 is 32.7. The first-order valence-electron chi connectivity index (χ1n) is 10.1. The molecule has 1 saturated heterocycles. The zero-order valence-electron chi connectivity index (χ0n) is 16.7. The first-order valence-corrected chi connectivity index (χ1v) is 11.5. The van der Waals surface area contributed by atoms with Crippen LogP contribution in [-0.2, 0) is 10.0 Å². The lowest BCUT2D eigenvalue weighted by Gasteiger charge is -2.34. The van der Waals surface area contributed by atoms with Crippen molar-refractivity contribution >= 4 is 20.8 Å². The number of ether oxygens (including phenoxy) is 1. The van der Waals surface area contributed by atoms with Crippen LogP contribution >= 0.6 is 0 Å². The molecule has 1 atom stereocenters. The van der Waals surface area contributed by atoms with Gasteiger partial charge in [-0.2, -0.15) is 4.31 Å². The summed E-state index contributed by atoms with van der Waals surface area (Å²) in [5.41, 5.74) is 0. The lowest BCUT2D eigenvalue weighted by molar-refractivity contribution is 0.0569. The van der Waals surface area contributed by atoms with Crippen molar-refractivity contribution in [3.05, 3.63) is 72.8 Å². The first-order chi connectivity index (χ1) is 14.5. The highest BCUT2D eigenvalue weighted by Gasteiger charge is 2.28. The first kappa shape index (κ1) is 20.8. The molecule has 0 radical (unpaired) electrons. The topological polar surface area (TPSA) is 70.1 Å². The van der Waals surface area contributed by atoms with Crippen molar-refractivity contribution in [1.29, 1.82) is 0 Å². The third kappa shape index (κ3) is 4.82. The second-order valence-electron chi connectivity index (χ2n) is 7.49. The predicted octanol–water partition coefficient (Wildman–Crippen LogP) is 2.59. The maximum Gasteiger partial charge on any atom is 0.243 e. The number of β-amino-alcohol motifs (C(OH)–C–C–N with tert-alkyl or cyclic N) is 1. The molecular formula is C23H26N2O4S. The highest BCUT2D eigenvalue weighted by molar-refractivity contribution is 7.89. The second kappa shape index (κ2) is 9.14. The van der Waals surface area contributed by atoms with Gasteiger partial charge in [-0.05, 0) is 35.0 Å². The van der Waals surface area contributed by atoms with E-state index in [1.807, 2.05) is 42.5 Å². The van der Waals surface area contributed by atoms with Crippen LogP contribution in [0.2, 0.25) is 0 Å². The molecule has 0 spiro atoms. The van der Waals surface area contributed by atoms with E-state index in [4.69, 9.17) is 4.74 Å². The average Bonchev–Trinajstić information content (AvgIpc) is 2.78. The Balaban J connectivity index is 1.26. The van der Waals surface area contributed by atoms with E-state index in [9.17, 15) is 13.5 Å². The molecule has 4 rings (SSSR count). The van der Waals surface area contributed by atoms with Gasteiger partial charge >= 0.3 is 0 Å². The van der Waals surface area contributed by atoms with Crippen LogP contribution in [0, 0.1) is 0 Å². The smallest absolute Gasteiger partial charge is 0.243 e.